The number of hydrogen-bond donors (Lipinski definition) is 1. The van der Waals surface area contributed by atoms with Gasteiger partial charge in [0.05, 0.1) is 12.6 Å². The minimum Gasteiger partial charge on any atom is -0.383 e. The quantitative estimate of drug-likeness (QED) is 0.894. The molecule has 5 heteroatoms. The van der Waals surface area contributed by atoms with Crippen molar-refractivity contribution in [2.45, 2.75) is 38.4 Å². The third-order valence-electron chi connectivity index (χ3n) is 3.80. The van der Waals surface area contributed by atoms with Crippen molar-refractivity contribution in [3.8, 4) is 0 Å². The molecule has 1 saturated heterocycles. The highest BCUT2D eigenvalue weighted by Crippen LogP contribution is 2.28. The highest BCUT2D eigenvalue weighted by molar-refractivity contribution is 5.97. The Balaban J connectivity index is 2.39. The molecule has 1 N–H and O–H groups in total. The molecule has 114 valence electrons. The van der Waals surface area contributed by atoms with Gasteiger partial charge in [-0.1, -0.05) is 37.3 Å². The molecule has 1 fully saturated rings. The molecule has 1 aromatic carbocycles. The van der Waals surface area contributed by atoms with Gasteiger partial charge in [-0.25, -0.2) is 0 Å². The molecule has 0 radical (unpaired) electrons. The standard InChI is InChI=1S/C16H22N2O3/c1-4-13-16(20)18(11(2)10-21-3)14(15(19)17-13)12-8-6-5-7-9-12/h5-9,11,13-14H,4,10H2,1-3H3,(H,17,19). The van der Waals surface area contributed by atoms with Crippen molar-refractivity contribution in [3.63, 3.8) is 0 Å². The third-order valence-corrected chi connectivity index (χ3v) is 3.80. The largest absolute Gasteiger partial charge is 0.383 e. The van der Waals surface area contributed by atoms with Crippen molar-refractivity contribution >= 4 is 11.8 Å². The second kappa shape index (κ2) is 6.72. The van der Waals surface area contributed by atoms with Crippen LogP contribution in [0, 0.1) is 0 Å². The number of methoxy groups -OCH3 is 1. The Morgan fingerprint density at radius 2 is 1.95 bits per heavy atom. The van der Waals surface area contributed by atoms with Crippen molar-refractivity contribution in [3.05, 3.63) is 35.9 Å². The van der Waals surface area contributed by atoms with Gasteiger partial charge in [-0.3, -0.25) is 9.59 Å². The number of nitrogens with zero attached hydrogens (tertiary/aromatic N) is 1. The molecule has 21 heavy (non-hydrogen) atoms. The van der Waals surface area contributed by atoms with Crippen LogP contribution in [0.1, 0.15) is 31.9 Å². The van der Waals surface area contributed by atoms with E-state index in [2.05, 4.69) is 5.32 Å². The summed E-state index contributed by atoms with van der Waals surface area (Å²) in [5.41, 5.74) is 0.820. The summed E-state index contributed by atoms with van der Waals surface area (Å²) in [6, 6.07) is 8.18. The molecule has 0 spiro atoms. The predicted molar refractivity (Wildman–Crippen MR) is 79.6 cm³/mol. The Labute approximate surface area is 125 Å². The molecular formula is C16H22N2O3. The van der Waals surface area contributed by atoms with Gasteiger partial charge < -0.3 is 15.0 Å². The van der Waals surface area contributed by atoms with Gasteiger partial charge in [-0.2, -0.15) is 0 Å². The summed E-state index contributed by atoms with van der Waals surface area (Å²) in [7, 11) is 1.60. The average Bonchev–Trinajstić information content (AvgIpc) is 2.49. The molecule has 1 aromatic rings. The van der Waals surface area contributed by atoms with Gasteiger partial charge in [0.25, 0.3) is 0 Å². The predicted octanol–water partition coefficient (Wildman–Crippen LogP) is 1.50. The SMILES string of the molecule is CCC1NC(=O)C(c2ccccc2)N(C(C)COC)C1=O. The van der Waals surface area contributed by atoms with E-state index in [0.29, 0.717) is 13.0 Å². The molecule has 5 nitrogen and oxygen atoms in total. The van der Waals surface area contributed by atoms with Gasteiger partial charge in [0, 0.05) is 7.11 Å². The van der Waals surface area contributed by atoms with Crippen LogP contribution in [0.5, 0.6) is 0 Å². The molecule has 1 aliphatic rings. The Bertz CT molecular complexity index is 504. The maximum atomic E-state index is 12.7. The van der Waals surface area contributed by atoms with E-state index in [1.165, 1.54) is 0 Å². The highest BCUT2D eigenvalue weighted by atomic mass is 16.5. The molecule has 1 heterocycles. The van der Waals surface area contributed by atoms with Crippen LogP contribution in [0.15, 0.2) is 30.3 Å². The lowest BCUT2D eigenvalue weighted by Crippen LogP contribution is -2.61. The van der Waals surface area contributed by atoms with Gasteiger partial charge >= 0.3 is 0 Å². The van der Waals surface area contributed by atoms with Crippen molar-refractivity contribution in [1.82, 2.24) is 10.2 Å². The number of carbonyl (C=O) groups is 2. The lowest BCUT2D eigenvalue weighted by atomic mass is 9.97. The van der Waals surface area contributed by atoms with E-state index >= 15 is 0 Å². The first-order valence-corrected chi connectivity index (χ1v) is 7.26. The molecule has 1 aliphatic heterocycles. The molecule has 2 amide bonds. The first-order chi connectivity index (χ1) is 10.1. The number of carbonyl (C=O) groups excluding carboxylic acids is 2. The summed E-state index contributed by atoms with van der Waals surface area (Å²) < 4.78 is 5.17. The summed E-state index contributed by atoms with van der Waals surface area (Å²) in [4.78, 5) is 26.8. The van der Waals surface area contributed by atoms with E-state index in [4.69, 9.17) is 4.74 Å². The summed E-state index contributed by atoms with van der Waals surface area (Å²) in [6.45, 7) is 4.20. The van der Waals surface area contributed by atoms with E-state index in [-0.39, 0.29) is 17.9 Å². The Hall–Kier alpha value is -1.88. The fourth-order valence-electron chi connectivity index (χ4n) is 2.76. The normalized spacial score (nSPS) is 23.9. The highest BCUT2D eigenvalue weighted by Gasteiger charge is 2.42. The smallest absolute Gasteiger partial charge is 0.248 e. The topological polar surface area (TPSA) is 58.6 Å². The molecule has 2 rings (SSSR count). The second-order valence-corrected chi connectivity index (χ2v) is 5.33. The van der Waals surface area contributed by atoms with Gasteiger partial charge in [-0.15, -0.1) is 0 Å². The van der Waals surface area contributed by atoms with Crippen LogP contribution < -0.4 is 5.32 Å². The fraction of sp³-hybridized carbons (Fsp3) is 0.500. The van der Waals surface area contributed by atoms with E-state index in [1.807, 2.05) is 44.2 Å². The van der Waals surface area contributed by atoms with Gasteiger partial charge in [0.15, 0.2) is 0 Å². The Morgan fingerprint density at radius 1 is 1.29 bits per heavy atom. The van der Waals surface area contributed by atoms with Crippen LogP contribution in [0.2, 0.25) is 0 Å². The molecule has 3 atom stereocenters. The Morgan fingerprint density at radius 3 is 2.52 bits per heavy atom. The average molecular weight is 290 g/mol. The fourth-order valence-corrected chi connectivity index (χ4v) is 2.76. The molecule has 0 saturated carbocycles. The zero-order chi connectivity index (χ0) is 15.4. The van der Waals surface area contributed by atoms with Crippen LogP contribution >= 0.6 is 0 Å². The summed E-state index contributed by atoms with van der Waals surface area (Å²) in [6.07, 6.45) is 0.586. The third kappa shape index (κ3) is 3.08. The van der Waals surface area contributed by atoms with Crippen LogP contribution in [-0.4, -0.2) is 42.5 Å². The zero-order valence-corrected chi connectivity index (χ0v) is 12.7. The van der Waals surface area contributed by atoms with E-state index in [1.54, 1.807) is 12.0 Å². The molecular weight excluding hydrogens is 268 g/mol. The summed E-state index contributed by atoms with van der Waals surface area (Å²) in [5, 5.41) is 2.82. The summed E-state index contributed by atoms with van der Waals surface area (Å²) >= 11 is 0. The maximum absolute atomic E-state index is 12.7. The van der Waals surface area contributed by atoms with E-state index in [0.717, 1.165) is 5.56 Å². The van der Waals surface area contributed by atoms with E-state index in [9.17, 15) is 9.59 Å². The van der Waals surface area contributed by atoms with Crippen LogP contribution in [0.4, 0.5) is 0 Å². The number of piperazine rings is 1. The van der Waals surface area contributed by atoms with Gasteiger partial charge in [-0.05, 0) is 18.9 Å². The molecule has 3 unspecified atom stereocenters. The van der Waals surface area contributed by atoms with Crippen molar-refractivity contribution in [2.24, 2.45) is 0 Å². The van der Waals surface area contributed by atoms with Crippen molar-refractivity contribution < 1.29 is 14.3 Å². The van der Waals surface area contributed by atoms with Gasteiger partial charge in [0.1, 0.15) is 12.1 Å². The lowest BCUT2D eigenvalue weighted by molar-refractivity contribution is -0.153. The maximum Gasteiger partial charge on any atom is 0.248 e. The summed E-state index contributed by atoms with van der Waals surface area (Å²) in [5.74, 6) is -0.175. The number of benzene rings is 1. The minimum absolute atomic E-state index is 0.0458. The first kappa shape index (κ1) is 15.5. The number of ether oxygens (including phenoxy) is 1. The first-order valence-electron chi connectivity index (χ1n) is 7.26. The van der Waals surface area contributed by atoms with Gasteiger partial charge in [0.2, 0.25) is 11.8 Å². The van der Waals surface area contributed by atoms with Crippen LogP contribution in [0.25, 0.3) is 0 Å². The second-order valence-electron chi connectivity index (χ2n) is 5.33. The molecule has 0 aromatic heterocycles. The van der Waals surface area contributed by atoms with Crippen molar-refractivity contribution in [1.29, 1.82) is 0 Å². The molecule has 0 bridgehead atoms. The molecule has 0 aliphatic carbocycles. The van der Waals surface area contributed by atoms with Crippen molar-refractivity contribution in [2.75, 3.05) is 13.7 Å². The number of hydrogen-bond acceptors (Lipinski definition) is 3. The number of nitrogens with one attached hydrogen (secondary N) is 1. The monoisotopic (exact) mass is 290 g/mol. The van der Waals surface area contributed by atoms with Crippen LogP contribution in [-0.2, 0) is 14.3 Å². The number of amides is 2. The Kier molecular flexibility index (Phi) is 4.96. The zero-order valence-electron chi connectivity index (χ0n) is 12.7. The van der Waals surface area contributed by atoms with E-state index < -0.39 is 12.1 Å². The minimum atomic E-state index is -0.591. The van der Waals surface area contributed by atoms with Crippen LogP contribution in [0.3, 0.4) is 0 Å². The number of rotatable bonds is 5. The lowest BCUT2D eigenvalue weighted by Gasteiger charge is -2.42.